The first-order chi connectivity index (χ1) is 7.61. The summed E-state index contributed by atoms with van der Waals surface area (Å²) < 4.78 is 5.27. The van der Waals surface area contributed by atoms with E-state index in [1.165, 1.54) is 6.33 Å². The summed E-state index contributed by atoms with van der Waals surface area (Å²) in [6, 6.07) is -0.625. The molecule has 0 radical (unpaired) electrons. The van der Waals surface area contributed by atoms with E-state index in [9.17, 15) is 4.79 Å². The second-order valence-corrected chi connectivity index (χ2v) is 3.74. The highest BCUT2D eigenvalue weighted by Crippen LogP contribution is 2.26. The molecule has 6 heteroatoms. The van der Waals surface area contributed by atoms with Gasteiger partial charge in [0.15, 0.2) is 0 Å². The van der Waals surface area contributed by atoms with E-state index >= 15 is 0 Å². The van der Waals surface area contributed by atoms with Gasteiger partial charge in [0.05, 0.1) is 18.9 Å². The zero-order chi connectivity index (χ0) is 11.7. The highest BCUT2D eigenvalue weighted by molar-refractivity contribution is 5.77. The standard InChI is InChI=1S/C10H13N3O3/c1-6(10(14)15)13(2)9-7-3-16-4-8(7)11-5-12-9/h5-6H,3-4H2,1-2H3,(H,14,15). The molecular weight excluding hydrogens is 210 g/mol. The van der Waals surface area contributed by atoms with Gasteiger partial charge in [0.2, 0.25) is 0 Å². The van der Waals surface area contributed by atoms with Gasteiger partial charge in [0.25, 0.3) is 0 Å². The van der Waals surface area contributed by atoms with E-state index in [1.807, 2.05) is 0 Å². The molecular formula is C10H13N3O3. The van der Waals surface area contributed by atoms with E-state index in [0.717, 1.165) is 11.3 Å². The van der Waals surface area contributed by atoms with Gasteiger partial charge in [0, 0.05) is 12.6 Å². The zero-order valence-corrected chi connectivity index (χ0v) is 9.17. The number of likely N-dealkylation sites (N-methyl/N-ethyl adjacent to an activating group) is 1. The number of anilines is 1. The molecule has 6 nitrogen and oxygen atoms in total. The molecule has 0 bridgehead atoms. The van der Waals surface area contributed by atoms with Crippen molar-refractivity contribution in [3.05, 3.63) is 17.6 Å². The molecule has 2 heterocycles. The molecule has 0 saturated heterocycles. The number of nitrogens with zero attached hydrogens (tertiary/aromatic N) is 3. The van der Waals surface area contributed by atoms with Crippen LogP contribution in [-0.4, -0.2) is 34.1 Å². The van der Waals surface area contributed by atoms with Crippen LogP contribution in [0.25, 0.3) is 0 Å². The Morgan fingerprint density at radius 2 is 2.31 bits per heavy atom. The average molecular weight is 223 g/mol. The predicted octanol–water partition coefficient (Wildman–Crippen LogP) is 0.416. The number of ether oxygens (including phenoxy) is 1. The SMILES string of the molecule is CC(C(=O)O)N(C)c1ncnc2c1COC2. The fourth-order valence-electron chi connectivity index (χ4n) is 1.61. The lowest BCUT2D eigenvalue weighted by molar-refractivity contribution is -0.138. The maximum Gasteiger partial charge on any atom is 0.326 e. The van der Waals surface area contributed by atoms with Crippen LogP contribution in [-0.2, 0) is 22.7 Å². The fraction of sp³-hybridized carbons (Fsp3) is 0.500. The Kier molecular flexibility index (Phi) is 2.74. The second kappa shape index (κ2) is 4.05. The highest BCUT2D eigenvalue weighted by atomic mass is 16.5. The molecule has 1 aromatic rings. The summed E-state index contributed by atoms with van der Waals surface area (Å²) in [5, 5.41) is 8.95. The Morgan fingerprint density at radius 1 is 1.56 bits per heavy atom. The molecule has 0 fully saturated rings. The zero-order valence-electron chi connectivity index (χ0n) is 9.17. The van der Waals surface area contributed by atoms with Gasteiger partial charge in [-0.1, -0.05) is 0 Å². The molecule has 0 spiro atoms. The summed E-state index contributed by atoms with van der Waals surface area (Å²) in [6.45, 7) is 2.54. The van der Waals surface area contributed by atoms with Crippen LogP contribution in [0.15, 0.2) is 6.33 Å². The van der Waals surface area contributed by atoms with E-state index < -0.39 is 12.0 Å². The molecule has 1 aromatic heterocycles. The number of hydrogen-bond donors (Lipinski definition) is 1. The minimum absolute atomic E-state index is 0.447. The smallest absolute Gasteiger partial charge is 0.326 e. The van der Waals surface area contributed by atoms with Crippen LogP contribution < -0.4 is 4.90 Å². The molecule has 0 amide bonds. The maximum absolute atomic E-state index is 10.9. The molecule has 86 valence electrons. The fourth-order valence-corrected chi connectivity index (χ4v) is 1.61. The van der Waals surface area contributed by atoms with Crippen molar-refractivity contribution in [2.24, 2.45) is 0 Å². The number of hydrogen-bond acceptors (Lipinski definition) is 5. The summed E-state index contributed by atoms with van der Waals surface area (Å²) in [4.78, 5) is 20.7. The van der Waals surface area contributed by atoms with Crippen molar-refractivity contribution in [2.75, 3.05) is 11.9 Å². The second-order valence-electron chi connectivity index (χ2n) is 3.74. The largest absolute Gasteiger partial charge is 0.480 e. The molecule has 0 saturated carbocycles. The van der Waals surface area contributed by atoms with Gasteiger partial charge in [-0.15, -0.1) is 0 Å². The quantitative estimate of drug-likeness (QED) is 0.800. The monoisotopic (exact) mass is 223 g/mol. The molecule has 16 heavy (non-hydrogen) atoms. The van der Waals surface area contributed by atoms with Gasteiger partial charge in [-0.3, -0.25) is 0 Å². The van der Waals surface area contributed by atoms with Crippen LogP contribution in [0, 0.1) is 0 Å². The summed E-state index contributed by atoms with van der Waals surface area (Å²) in [7, 11) is 1.71. The van der Waals surface area contributed by atoms with Gasteiger partial charge in [0.1, 0.15) is 18.2 Å². The van der Waals surface area contributed by atoms with Crippen LogP contribution in [0.3, 0.4) is 0 Å². The van der Waals surface area contributed by atoms with Crippen molar-refractivity contribution in [1.82, 2.24) is 9.97 Å². The minimum Gasteiger partial charge on any atom is -0.480 e. The Hall–Kier alpha value is -1.69. The van der Waals surface area contributed by atoms with Crippen molar-refractivity contribution >= 4 is 11.8 Å². The summed E-state index contributed by atoms with van der Waals surface area (Å²) in [5.41, 5.74) is 1.73. The molecule has 1 aliphatic rings. The van der Waals surface area contributed by atoms with Gasteiger partial charge in [-0.2, -0.15) is 0 Å². The Bertz CT molecular complexity index is 422. The van der Waals surface area contributed by atoms with E-state index in [4.69, 9.17) is 9.84 Å². The molecule has 0 aliphatic carbocycles. The van der Waals surface area contributed by atoms with Crippen molar-refractivity contribution in [2.45, 2.75) is 26.2 Å². The molecule has 1 atom stereocenters. The maximum atomic E-state index is 10.9. The number of carbonyl (C=O) groups is 1. The molecule has 0 aromatic carbocycles. The first-order valence-electron chi connectivity index (χ1n) is 4.97. The molecule has 1 aliphatic heterocycles. The van der Waals surface area contributed by atoms with Crippen molar-refractivity contribution in [3.63, 3.8) is 0 Å². The summed E-state index contributed by atoms with van der Waals surface area (Å²) in [6.07, 6.45) is 1.44. The highest BCUT2D eigenvalue weighted by Gasteiger charge is 2.25. The van der Waals surface area contributed by atoms with Crippen molar-refractivity contribution in [3.8, 4) is 0 Å². The third-order valence-corrected chi connectivity index (χ3v) is 2.77. The predicted molar refractivity (Wildman–Crippen MR) is 56.0 cm³/mol. The van der Waals surface area contributed by atoms with Gasteiger partial charge in [-0.25, -0.2) is 14.8 Å². The normalized spacial score (nSPS) is 15.6. The van der Waals surface area contributed by atoms with Crippen molar-refractivity contribution in [1.29, 1.82) is 0 Å². The Morgan fingerprint density at radius 3 is 3.00 bits per heavy atom. The van der Waals surface area contributed by atoms with E-state index in [0.29, 0.717) is 19.0 Å². The third-order valence-electron chi connectivity index (χ3n) is 2.77. The van der Waals surface area contributed by atoms with Crippen LogP contribution >= 0.6 is 0 Å². The first-order valence-corrected chi connectivity index (χ1v) is 4.97. The topological polar surface area (TPSA) is 75.5 Å². The number of rotatable bonds is 3. The van der Waals surface area contributed by atoms with Gasteiger partial charge < -0.3 is 14.7 Å². The Labute approximate surface area is 92.9 Å². The van der Waals surface area contributed by atoms with E-state index in [-0.39, 0.29) is 0 Å². The Balaban J connectivity index is 2.34. The average Bonchev–Trinajstić information content (AvgIpc) is 2.74. The first kappa shape index (κ1) is 10.8. The molecule has 1 N–H and O–H groups in total. The van der Waals surface area contributed by atoms with Gasteiger partial charge >= 0.3 is 5.97 Å². The number of carboxylic acid groups (broad SMARTS) is 1. The van der Waals surface area contributed by atoms with Crippen LogP contribution in [0.1, 0.15) is 18.2 Å². The summed E-state index contributed by atoms with van der Waals surface area (Å²) in [5.74, 6) is -0.244. The van der Waals surface area contributed by atoms with E-state index in [2.05, 4.69) is 9.97 Å². The minimum atomic E-state index is -0.881. The van der Waals surface area contributed by atoms with Gasteiger partial charge in [-0.05, 0) is 6.92 Å². The lowest BCUT2D eigenvalue weighted by atomic mass is 10.2. The lowest BCUT2D eigenvalue weighted by Gasteiger charge is -2.23. The number of aliphatic carboxylic acids is 1. The number of carboxylic acids is 1. The molecule has 2 rings (SSSR count). The van der Waals surface area contributed by atoms with Crippen LogP contribution in [0.4, 0.5) is 5.82 Å². The van der Waals surface area contributed by atoms with Crippen molar-refractivity contribution < 1.29 is 14.6 Å². The lowest BCUT2D eigenvalue weighted by Crippen LogP contribution is -2.37. The van der Waals surface area contributed by atoms with E-state index in [1.54, 1.807) is 18.9 Å². The number of fused-ring (bicyclic) bond motifs is 1. The summed E-state index contributed by atoms with van der Waals surface area (Å²) >= 11 is 0. The number of aromatic nitrogens is 2. The van der Waals surface area contributed by atoms with Crippen LogP contribution in [0.5, 0.6) is 0 Å². The molecule has 1 unspecified atom stereocenters. The van der Waals surface area contributed by atoms with Crippen LogP contribution in [0.2, 0.25) is 0 Å². The third kappa shape index (κ3) is 1.71.